The van der Waals surface area contributed by atoms with E-state index in [2.05, 4.69) is 10.6 Å². The maximum atomic E-state index is 11.9. The van der Waals surface area contributed by atoms with Crippen molar-refractivity contribution in [3.05, 3.63) is 89.0 Å². The monoisotopic (exact) mass is 349 g/mol. The number of carbonyl (C=O) groups excluding carboxylic acids is 1. The van der Waals surface area contributed by atoms with Crippen LogP contribution in [0.15, 0.2) is 78.9 Å². The molecule has 0 aliphatic carbocycles. The summed E-state index contributed by atoms with van der Waals surface area (Å²) in [6.07, 6.45) is 0. The minimum absolute atomic E-state index is 0.00123. The SMILES string of the molecule is O=C(Nc1ccccc1)Nc1ccc(Oc2ccc([N+](=O)[O-])cc2)cc1. The molecule has 0 unspecified atom stereocenters. The van der Waals surface area contributed by atoms with Crippen molar-refractivity contribution < 1.29 is 14.5 Å². The van der Waals surface area contributed by atoms with Gasteiger partial charge in [-0.05, 0) is 48.5 Å². The van der Waals surface area contributed by atoms with Crippen LogP contribution >= 0.6 is 0 Å². The fraction of sp³-hybridized carbons (Fsp3) is 0. The maximum absolute atomic E-state index is 11.9. The predicted octanol–water partition coefficient (Wildman–Crippen LogP) is 5.03. The summed E-state index contributed by atoms with van der Waals surface area (Å²) >= 11 is 0. The molecular formula is C19H15N3O4. The maximum Gasteiger partial charge on any atom is 0.323 e. The van der Waals surface area contributed by atoms with Gasteiger partial charge in [0.1, 0.15) is 11.5 Å². The van der Waals surface area contributed by atoms with E-state index in [1.807, 2.05) is 18.2 Å². The number of amides is 2. The molecule has 3 aromatic rings. The number of benzene rings is 3. The second kappa shape index (κ2) is 7.80. The smallest absolute Gasteiger partial charge is 0.323 e. The highest BCUT2D eigenvalue weighted by molar-refractivity contribution is 5.99. The second-order valence-corrected chi connectivity index (χ2v) is 5.32. The molecule has 0 saturated carbocycles. The first-order chi connectivity index (χ1) is 12.6. The number of urea groups is 1. The zero-order chi connectivity index (χ0) is 18.4. The van der Waals surface area contributed by atoms with Crippen molar-refractivity contribution in [2.75, 3.05) is 10.6 Å². The highest BCUT2D eigenvalue weighted by atomic mass is 16.6. The third kappa shape index (κ3) is 4.57. The number of nitrogens with one attached hydrogen (secondary N) is 2. The number of nitro groups is 1. The molecule has 0 atom stereocenters. The van der Waals surface area contributed by atoms with Gasteiger partial charge in [-0.25, -0.2) is 4.79 Å². The molecule has 2 N–H and O–H groups in total. The molecule has 0 aliphatic heterocycles. The molecule has 0 saturated heterocycles. The molecule has 3 aromatic carbocycles. The summed E-state index contributed by atoms with van der Waals surface area (Å²) in [4.78, 5) is 22.1. The first kappa shape index (κ1) is 17.0. The van der Waals surface area contributed by atoms with Crippen molar-refractivity contribution in [1.29, 1.82) is 0 Å². The van der Waals surface area contributed by atoms with Crippen LogP contribution in [0.2, 0.25) is 0 Å². The van der Waals surface area contributed by atoms with Crippen molar-refractivity contribution in [2.45, 2.75) is 0 Å². The van der Waals surface area contributed by atoms with Gasteiger partial charge in [0.05, 0.1) is 4.92 Å². The van der Waals surface area contributed by atoms with Gasteiger partial charge >= 0.3 is 6.03 Å². The van der Waals surface area contributed by atoms with E-state index in [9.17, 15) is 14.9 Å². The first-order valence-electron chi connectivity index (χ1n) is 7.75. The zero-order valence-corrected chi connectivity index (χ0v) is 13.6. The van der Waals surface area contributed by atoms with Crippen LogP contribution < -0.4 is 15.4 Å². The van der Waals surface area contributed by atoms with Gasteiger partial charge in [0.15, 0.2) is 0 Å². The van der Waals surface area contributed by atoms with Crippen molar-refractivity contribution in [1.82, 2.24) is 0 Å². The highest BCUT2D eigenvalue weighted by Gasteiger charge is 2.06. The molecule has 0 aliphatic rings. The molecule has 0 fully saturated rings. The van der Waals surface area contributed by atoms with Crippen LogP contribution in [0.5, 0.6) is 11.5 Å². The minimum Gasteiger partial charge on any atom is -0.457 e. The lowest BCUT2D eigenvalue weighted by Gasteiger charge is -2.09. The summed E-state index contributed by atoms with van der Waals surface area (Å²) < 4.78 is 5.62. The van der Waals surface area contributed by atoms with Gasteiger partial charge in [0.25, 0.3) is 5.69 Å². The van der Waals surface area contributed by atoms with Gasteiger partial charge in [-0.15, -0.1) is 0 Å². The number of carbonyl (C=O) groups is 1. The second-order valence-electron chi connectivity index (χ2n) is 5.32. The summed E-state index contributed by atoms with van der Waals surface area (Å²) in [6.45, 7) is 0. The van der Waals surface area contributed by atoms with Crippen LogP contribution in [0.4, 0.5) is 21.9 Å². The predicted molar refractivity (Wildman–Crippen MR) is 98.7 cm³/mol. The topological polar surface area (TPSA) is 93.5 Å². The Kier molecular flexibility index (Phi) is 5.09. The highest BCUT2D eigenvalue weighted by Crippen LogP contribution is 2.25. The molecule has 2 amide bonds. The molecule has 7 nitrogen and oxygen atoms in total. The van der Waals surface area contributed by atoms with Crippen LogP contribution in [0.25, 0.3) is 0 Å². The summed E-state index contributed by atoms with van der Waals surface area (Å²) in [7, 11) is 0. The van der Waals surface area contributed by atoms with Crippen molar-refractivity contribution in [2.24, 2.45) is 0 Å². The van der Waals surface area contributed by atoms with Gasteiger partial charge in [-0.3, -0.25) is 10.1 Å². The van der Waals surface area contributed by atoms with E-state index in [-0.39, 0.29) is 11.7 Å². The number of nitrogens with zero attached hydrogens (tertiary/aromatic N) is 1. The molecule has 3 rings (SSSR count). The lowest BCUT2D eigenvalue weighted by atomic mass is 10.3. The Morgan fingerprint density at radius 2 is 1.27 bits per heavy atom. The number of para-hydroxylation sites is 1. The molecule has 0 heterocycles. The summed E-state index contributed by atoms with van der Waals surface area (Å²) in [5.74, 6) is 1.03. The van der Waals surface area contributed by atoms with E-state index in [0.29, 0.717) is 22.9 Å². The van der Waals surface area contributed by atoms with E-state index >= 15 is 0 Å². The number of nitro benzene ring substituents is 1. The number of hydrogen-bond donors (Lipinski definition) is 2. The Labute approximate surface area is 149 Å². The van der Waals surface area contributed by atoms with Gasteiger partial charge in [-0.1, -0.05) is 18.2 Å². The fourth-order valence-corrected chi connectivity index (χ4v) is 2.19. The lowest BCUT2D eigenvalue weighted by Crippen LogP contribution is -2.19. The lowest BCUT2D eigenvalue weighted by molar-refractivity contribution is -0.384. The van der Waals surface area contributed by atoms with Gasteiger partial charge in [-0.2, -0.15) is 0 Å². The van der Waals surface area contributed by atoms with E-state index in [4.69, 9.17) is 4.74 Å². The standard InChI is InChI=1S/C19H15N3O4/c23-19(20-14-4-2-1-3-5-14)21-15-6-10-17(11-7-15)26-18-12-8-16(9-13-18)22(24)25/h1-13H,(H2,20,21,23). The largest absolute Gasteiger partial charge is 0.457 e. The van der Waals surface area contributed by atoms with Gasteiger partial charge in [0.2, 0.25) is 0 Å². The number of ether oxygens (including phenoxy) is 1. The molecule has 0 aromatic heterocycles. The van der Waals surface area contributed by atoms with E-state index in [0.717, 1.165) is 0 Å². The van der Waals surface area contributed by atoms with E-state index in [1.165, 1.54) is 24.3 Å². The minimum atomic E-state index is -0.468. The van der Waals surface area contributed by atoms with E-state index in [1.54, 1.807) is 36.4 Å². The average molecular weight is 349 g/mol. The Morgan fingerprint density at radius 3 is 1.81 bits per heavy atom. The summed E-state index contributed by atoms with van der Waals surface area (Å²) in [5.41, 5.74) is 1.30. The number of rotatable bonds is 5. The number of anilines is 2. The number of non-ortho nitro benzene ring substituents is 1. The third-order valence-corrected chi connectivity index (χ3v) is 3.43. The van der Waals surface area contributed by atoms with Crippen molar-refractivity contribution >= 4 is 23.1 Å². The Balaban J connectivity index is 1.57. The first-order valence-corrected chi connectivity index (χ1v) is 7.75. The van der Waals surface area contributed by atoms with Crippen LogP contribution in [0.3, 0.4) is 0 Å². The molecule has 0 bridgehead atoms. The molecule has 7 heteroatoms. The Hall–Kier alpha value is -3.87. The van der Waals surface area contributed by atoms with Crippen LogP contribution in [0, 0.1) is 10.1 Å². The normalized spacial score (nSPS) is 10.0. The van der Waals surface area contributed by atoms with Gasteiger partial charge in [0, 0.05) is 23.5 Å². The Morgan fingerprint density at radius 1 is 0.769 bits per heavy atom. The average Bonchev–Trinajstić information content (AvgIpc) is 2.64. The van der Waals surface area contributed by atoms with Crippen LogP contribution in [-0.4, -0.2) is 11.0 Å². The van der Waals surface area contributed by atoms with E-state index < -0.39 is 4.92 Å². The van der Waals surface area contributed by atoms with Crippen LogP contribution in [-0.2, 0) is 0 Å². The fourth-order valence-electron chi connectivity index (χ4n) is 2.19. The summed E-state index contributed by atoms with van der Waals surface area (Å²) in [5, 5.41) is 16.1. The molecule has 26 heavy (non-hydrogen) atoms. The number of hydrogen-bond acceptors (Lipinski definition) is 4. The molecular weight excluding hydrogens is 334 g/mol. The zero-order valence-electron chi connectivity index (χ0n) is 13.6. The molecule has 0 radical (unpaired) electrons. The van der Waals surface area contributed by atoms with Crippen LogP contribution in [0.1, 0.15) is 0 Å². The van der Waals surface area contributed by atoms with Crippen molar-refractivity contribution in [3.8, 4) is 11.5 Å². The van der Waals surface area contributed by atoms with Gasteiger partial charge < -0.3 is 15.4 Å². The third-order valence-electron chi connectivity index (χ3n) is 3.43. The molecule has 130 valence electrons. The Bertz CT molecular complexity index is 894. The van der Waals surface area contributed by atoms with Crippen molar-refractivity contribution in [3.63, 3.8) is 0 Å². The quantitative estimate of drug-likeness (QED) is 0.499. The molecule has 0 spiro atoms. The summed E-state index contributed by atoms with van der Waals surface area (Å²) in [6, 6.07) is 21.4.